The Morgan fingerprint density at radius 3 is 2.94 bits per heavy atom. The molecule has 1 aromatic rings. The number of rotatable bonds is 3. The molecule has 0 spiro atoms. The lowest BCUT2D eigenvalue weighted by Crippen LogP contribution is -2.37. The van der Waals surface area contributed by atoms with Gasteiger partial charge in [-0.1, -0.05) is 6.07 Å². The van der Waals surface area contributed by atoms with Gasteiger partial charge in [0.05, 0.1) is 0 Å². The van der Waals surface area contributed by atoms with Crippen molar-refractivity contribution in [2.45, 2.75) is 32.2 Å². The van der Waals surface area contributed by atoms with Crippen LogP contribution in [0.5, 0.6) is 0 Å². The fourth-order valence-electron chi connectivity index (χ4n) is 2.08. The van der Waals surface area contributed by atoms with Gasteiger partial charge in [0.1, 0.15) is 0 Å². The van der Waals surface area contributed by atoms with E-state index in [4.69, 9.17) is 5.73 Å². The molecule has 86 valence electrons. The standard InChI is InChI=1S/C13H18N2O/c1-9(8-14)15-13(16)12-6-5-10-3-2-4-11(10)7-12/h5-7,9H,2-4,8,14H2,1H3,(H,15,16)/t9-/m0/s1. The van der Waals surface area contributed by atoms with E-state index in [1.807, 2.05) is 19.1 Å². The van der Waals surface area contributed by atoms with Gasteiger partial charge in [-0.05, 0) is 49.4 Å². The first-order chi connectivity index (χ1) is 7.70. The lowest BCUT2D eigenvalue weighted by Gasteiger charge is -2.11. The normalized spacial score (nSPS) is 15.6. The number of carbonyl (C=O) groups is 1. The summed E-state index contributed by atoms with van der Waals surface area (Å²) in [5.41, 5.74) is 8.94. The summed E-state index contributed by atoms with van der Waals surface area (Å²) in [6, 6.07) is 6.02. The molecule has 0 bridgehead atoms. The van der Waals surface area contributed by atoms with Gasteiger partial charge in [0.2, 0.25) is 0 Å². The van der Waals surface area contributed by atoms with Crippen molar-refractivity contribution >= 4 is 5.91 Å². The van der Waals surface area contributed by atoms with E-state index in [1.54, 1.807) is 0 Å². The van der Waals surface area contributed by atoms with Crippen molar-refractivity contribution in [3.05, 3.63) is 34.9 Å². The Morgan fingerprint density at radius 1 is 1.44 bits per heavy atom. The Morgan fingerprint density at radius 2 is 2.19 bits per heavy atom. The van der Waals surface area contributed by atoms with E-state index >= 15 is 0 Å². The third kappa shape index (κ3) is 2.25. The topological polar surface area (TPSA) is 55.1 Å². The SMILES string of the molecule is C[C@@H](CN)NC(=O)c1ccc2c(c1)CCC2. The molecule has 3 nitrogen and oxygen atoms in total. The lowest BCUT2D eigenvalue weighted by atomic mass is 10.1. The van der Waals surface area contributed by atoms with Gasteiger partial charge in [-0.3, -0.25) is 4.79 Å². The molecule has 0 aromatic heterocycles. The monoisotopic (exact) mass is 218 g/mol. The fraction of sp³-hybridized carbons (Fsp3) is 0.462. The third-order valence-corrected chi connectivity index (χ3v) is 3.09. The Kier molecular flexibility index (Phi) is 3.25. The van der Waals surface area contributed by atoms with Gasteiger partial charge in [0, 0.05) is 18.2 Å². The molecule has 1 aliphatic rings. The molecular formula is C13H18N2O. The second kappa shape index (κ2) is 4.66. The average Bonchev–Trinajstić information content (AvgIpc) is 2.75. The summed E-state index contributed by atoms with van der Waals surface area (Å²) < 4.78 is 0. The minimum Gasteiger partial charge on any atom is -0.348 e. The highest BCUT2D eigenvalue weighted by atomic mass is 16.1. The number of hydrogen-bond acceptors (Lipinski definition) is 2. The molecule has 1 atom stereocenters. The molecule has 1 aliphatic carbocycles. The molecule has 3 heteroatoms. The molecule has 3 N–H and O–H groups in total. The third-order valence-electron chi connectivity index (χ3n) is 3.09. The first kappa shape index (κ1) is 11.1. The summed E-state index contributed by atoms with van der Waals surface area (Å²) in [5, 5.41) is 2.87. The Labute approximate surface area is 96.0 Å². The lowest BCUT2D eigenvalue weighted by molar-refractivity contribution is 0.0941. The fourth-order valence-corrected chi connectivity index (χ4v) is 2.08. The first-order valence-corrected chi connectivity index (χ1v) is 5.83. The van der Waals surface area contributed by atoms with Crippen molar-refractivity contribution < 1.29 is 4.79 Å². The molecule has 2 rings (SSSR count). The van der Waals surface area contributed by atoms with Gasteiger partial charge in [-0.2, -0.15) is 0 Å². The van der Waals surface area contributed by atoms with Crippen LogP contribution in [0.2, 0.25) is 0 Å². The van der Waals surface area contributed by atoms with E-state index in [2.05, 4.69) is 11.4 Å². The molecule has 1 amide bonds. The van der Waals surface area contributed by atoms with Crippen LogP contribution >= 0.6 is 0 Å². The first-order valence-electron chi connectivity index (χ1n) is 5.83. The zero-order valence-corrected chi connectivity index (χ0v) is 9.62. The number of fused-ring (bicyclic) bond motifs is 1. The predicted octanol–water partition coefficient (Wildman–Crippen LogP) is 1.25. The van der Waals surface area contributed by atoms with E-state index in [0.717, 1.165) is 18.4 Å². The van der Waals surface area contributed by atoms with Crippen molar-refractivity contribution in [3.63, 3.8) is 0 Å². The van der Waals surface area contributed by atoms with Crippen molar-refractivity contribution in [2.75, 3.05) is 6.54 Å². The van der Waals surface area contributed by atoms with Gasteiger partial charge >= 0.3 is 0 Å². The molecule has 0 aliphatic heterocycles. The van der Waals surface area contributed by atoms with Crippen LogP contribution in [-0.2, 0) is 12.8 Å². The average molecular weight is 218 g/mol. The highest BCUT2D eigenvalue weighted by Gasteiger charge is 2.14. The molecule has 0 fully saturated rings. The second-order valence-electron chi connectivity index (χ2n) is 4.45. The van der Waals surface area contributed by atoms with Gasteiger partial charge in [0.25, 0.3) is 5.91 Å². The number of hydrogen-bond donors (Lipinski definition) is 2. The molecule has 1 aromatic carbocycles. The maximum absolute atomic E-state index is 11.8. The van der Waals surface area contributed by atoms with Crippen LogP contribution in [0.1, 0.15) is 34.8 Å². The second-order valence-corrected chi connectivity index (χ2v) is 4.45. The van der Waals surface area contributed by atoms with Crippen molar-refractivity contribution in [1.82, 2.24) is 5.32 Å². The molecule has 16 heavy (non-hydrogen) atoms. The van der Waals surface area contributed by atoms with Gasteiger partial charge < -0.3 is 11.1 Å². The van der Waals surface area contributed by atoms with Crippen molar-refractivity contribution in [1.29, 1.82) is 0 Å². The zero-order chi connectivity index (χ0) is 11.5. The van der Waals surface area contributed by atoms with E-state index < -0.39 is 0 Å². The Bertz CT molecular complexity index is 401. The largest absolute Gasteiger partial charge is 0.348 e. The Balaban J connectivity index is 2.12. The van der Waals surface area contributed by atoms with Crippen LogP contribution in [0.15, 0.2) is 18.2 Å². The number of carbonyl (C=O) groups excluding carboxylic acids is 1. The van der Waals surface area contributed by atoms with Crippen LogP contribution in [0, 0.1) is 0 Å². The summed E-state index contributed by atoms with van der Waals surface area (Å²) in [6.07, 6.45) is 3.46. The number of nitrogens with one attached hydrogen (secondary N) is 1. The van der Waals surface area contributed by atoms with E-state index in [9.17, 15) is 4.79 Å². The predicted molar refractivity (Wildman–Crippen MR) is 64.4 cm³/mol. The molecule has 0 unspecified atom stereocenters. The molecule has 0 saturated carbocycles. The van der Waals surface area contributed by atoms with Gasteiger partial charge in [-0.25, -0.2) is 0 Å². The molecule has 0 heterocycles. The quantitative estimate of drug-likeness (QED) is 0.802. The summed E-state index contributed by atoms with van der Waals surface area (Å²) in [6.45, 7) is 2.38. The number of amides is 1. The van der Waals surface area contributed by atoms with E-state index in [0.29, 0.717) is 6.54 Å². The molecule has 0 radical (unpaired) electrons. The van der Waals surface area contributed by atoms with E-state index in [-0.39, 0.29) is 11.9 Å². The van der Waals surface area contributed by atoms with Gasteiger partial charge in [-0.15, -0.1) is 0 Å². The number of aryl methyl sites for hydroxylation is 2. The highest BCUT2D eigenvalue weighted by Crippen LogP contribution is 2.22. The Hall–Kier alpha value is -1.35. The van der Waals surface area contributed by atoms with Crippen molar-refractivity contribution in [2.24, 2.45) is 5.73 Å². The van der Waals surface area contributed by atoms with Crippen LogP contribution in [0.3, 0.4) is 0 Å². The zero-order valence-electron chi connectivity index (χ0n) is 9.62. The minimum atomic E-state index is -0.0207. The summed E-state index contributed by atoms with van der Waals surface area (Å²) in [7, 11) is 0. The summed E-state index contributed by atoms with van der Waals surface area (Å²) in [5.74, 6) is -0.0207. The molecule has 0 saturated heterocycles. The van der Waals surface area contributed by atoms with Crippen LogP contribution in [-0.4, -0.2) is 18.5 Å². The van der Waals surface area contributed by atoms with Crippen LogP contribution in [0.4, 0.5) is 0 Å². The number of nitrogens with two attached hydrogens (primary N) is 1. The highest BCUT2D eigenvalue weighted by molar-refractivity contribution is 5.94. The smallest absolute Gasteiger partial charge is 0.251 e. The van der Waals surface area contributed by atoms with E-state index in [1.165, 1.54) is 17.5 Å². The number of benzene rings is 1. The summed E-state index contributed by atoms with van der Waals surface area (Å²) >= 11 is 0. The van der Waals surface area contributed by atoms with Crippen LogP contribution in [0.25, 0.3) is 0 Å². The minimum absolute atomic E-state index is 0.0207. The van der Waals surface area contributed by atoms with Crippen LogP contribution < -0.4 is 11.1 Å². The maximum atomic E-state index is 11.8. The van der Waals surface area contributed by atoms with Gasteiger partial charge in [0.15, 0.2) is 0 Å². The molecular weight excluding hydrogens is 200 g/mol. The maximum Gasteiger partial charge on any atom is 0.251 e. The van der Waals surface area contributed by atoms with Crippen molar-refractivity contribution in [3.8, 4) is 0 Å². The summed E-state index contributed by atoms with van der Waals surface area (Å²) in [4.78, 5) is 11.8.